The van der Waals surface area contributed by atoms with Crippen LogP contribution in [0.5, 0.6) is 0 Å². The molecule has 0 aliphatic heterocycles. The molecule has 1 aromatic carbocycles. The Hall–Kier alpha value is -2.67. The van der Waals surface area contributed by atoms with E-state index in [1.54, 1.807) is 20.2 Å². The van der Waals surface area contributed by atoms with E-state index in [1.807, 2.05) is 0 Å². The van der Waals surface area contributed by atoms with Crippen LogP contribution in [-0.2, 0) is 0 Å². The summed E-state index contributed by atoms with van der Waals surface area (Å²) in [6.45, 7) is 0. The molecule has 2 aromatic heterocycles. The Morgan fingerprint density at radius 2 is 2.13 bits per heavy atom. The number of hydrogen-bond acceptors (Lipinski definition) is 3. The normalized spacial score (nSPS) is 10.8. The van der Waals surface area contributed by atoms with Crippen molar-refractivity contribution < 1.29 is 9.18 Å². The van der Waals surface area contributed by atoms with Crippen molar-refractivity contribution in [2.24, 2.45) is 0 Å². The van der Waals surface area contributed by atoms with Crippen LogP contribution >= 0.6 is 11.6 Å². The number of carbonyl (C=O) groups is 1. The number of halogens is 2. The number of pyridine rings is 1. The second-order valence-corrected chi connectivity index (χ2v) is 5.57. The molecule has 0 unspecified atom stereocenters. The number of nitrogens with one attached hydrogen (secondary N) is 2. The Balaban J connectivity index is 2.01. The lowest BCUT2D eigenvalue weighted by atomic mass is 10.2. The molecule has 0 aliphatic rings. The van der Waals surface area contributed by atoms with E-state index >= 15 is 0 Å². The van der Waals surface area contributed by atoms with Gasteiger partial charge in [-0.3, -0.25) is 0 Å². The van der Waals surface area contributed by atoms with Crippen LogP contribution in [0.3, 0.4) is 0 Å². The lowest BCUT2D eigenvalue weighted by molar-refractivity contribution is 0.230. The monoisotopic (exact) mass is 333 g/mol. The molecule has 0 spiro atoms. The summed E-state index contributed by atoms with van der Waals surface area (Å²) in [5.41, 5.74) is 1.74. The second kappa shape index (κ2) is 5.85. The van der Waals surface area contributed by atoms with Crippen molar-refractivity contribution in [1.29, 1.82) is 0 Å². The predicted octanol–water partition coefficient (Wildman–Crippen LogP) is 3.51. The molecule has 0 saturated heterocycles. The summed E-state index contributed by atoms with van der Waals surface area (Å²) in [4.78, 5) is 24.4. The van der Waals surface area contributed by atoms with Gasteiger partial charge in [-0.05, 0) is 24.3 Å². The largest absolute Gasteiger partial charge is 0.336 e. The Morgan fingerprint density at radius 3 is 2.87 bits per heavy atom. The minimum atomic E-state index is -0.460. The maximum Gasteiger partial charge on any atom is 0.321 e. The third-order valence-electron chi connectivity index (χ3n) is 3.18. The number of H-pyrrole nitrogens is 1. The first-order chi connectivity index (χ1) is 10.9. The SMILES string of the molecule is CN(C)C(=O)Nc1ccc(F)c(-c2nc3ncc(Cl)cc3[nH]2)c1. The van der Waals surface area contributed by atoms with E-state index in [9.17, 15) is 9.18 Å². The van der Waals surface area contributed by atoms with Crippen LogP contribution in [0.2, 0.25) is 5.02 Å². The lowest BCUT2D eigenvalue weighted by Gasteiger charge is -2.12. The summed E-state index contributed by atoms with van der Waals surface area (Å²) in [6.07, 6.45) is 1.47. The van der Waals surface area contributed by atoms with Gasteiger partial charge in [-0.25, -0.2) is 19.2 Å². The van der Waals surface area contributed by atoms with Crippen molar-refractivity contribution in [1.82, 2.24) is 19.9 Å². The molecule has 2 amide bonds. The van der Waals surface area contributed by atoms with Crippen LogP contribution in [0.25, 0.3) is 22.6 Å². The summed E-state index contributed by atoms with van der Waals surface area (Å²) >= 11 is 5.88. The number of carbonyl (C=O) groups excluding carboxylic acids is 1. The average molecular weight is 334 g/mol. The highest BCUT2D eigenvalue weighted by Crippen LogP contribution is 2.26. The Kier molecular flexibility index (Phi) is 3.87. The number of aromatic amines is 1. The molecular weight excluding hydrogens is 321 g/mol. The van der Waals surface area contributed by atoms with Gasteiger partial charge < -0.3 is 15.2 Å². The summed E-state index contributed by atoms with van der Waals surface area (Å²) in [6, 6.07) is 5.62. The molecule has 0 fully saturated rings. The number of rotatable bonds is 2. The van der Waals surface area contributed by atoms with Crippen LogP contribution < -0.4 is 5.32 Å². The highest BCUT2D eigenvalue weighted by atomic mass is 35.5. The molecule has 0 atom stereocenters. The molecule has 118 valence electrons. The molecule has 23 heavy (non-hydrogen) atoms. The van der Waals surface area contributed by atoms with E-state index in [0.717, 1.165) is 0 Å². The van der Waals surface area contributed by atoms with Gasteiger partial charge in [-0.2, -0.15) is 0 Å². The van der Waals surface area contributed by atoms with Crippen LogP contribution in [0, 0.1) is 5.82 Å². The summed E-state index contributed by atoms with van der Waals surface area (Å²) in [5, 5.41) is 3.12. The van der Waals surface area contributed by atoms with Crippen molar-refractivity contribution in [3.8, 4) is 11.4 Å². The van der Waals surface area contributed by atoms with Crippen molar-refractivity contribution in [2.45, 2.75) is 0 Å². The Labute approximate surface area is 136 Å². The summed E-state index contributed by atoms with van der Waals surface area (Å²) in [7, 11) is 3.24. The van der Waals surface area contributed by atoms with Gasteiger partial charge in [0.1, 0.15) is 11.6 Å². The van der Waals surface area contributed by atoms with Crippen LogP contribution in [0.4, 0.5) is 14.9 Å². The predicted molar refractivity (Wildman–Crippen MR) is 87.0 cm³/mol. The van der Waals surface area contributed by atoms with E-state index in [0.29, 0.717) is 27.7 Å². The zero-order valence-corrected chi connectivity index (χ0v) is 13.1. The van der Waals surface area contributed by atoms with Gasteiger partial charge in [0.2, 0.25) is 0 Å². The van der Waals surface area contributed by atoms with Gasteiger partial charge in [0.25, 0.3) is 0 Å². The summed E-state index contributed by atoms with van der Waals surface area (Å²) < 4.78 is 14.1. The van der Waals surface area contributed by atoms with Crippen molar-refractivity contribution >= 4 is 34.5 Å². The second-order valence-electron chi connectivity index (χ2n) is 5.13. The summed E-state index contributed by atoms with van der Waals surface area (Å²) in [5.74, 6) is -0.147. The van der Waals surface area contributed by atoms with Crippen LogP contribution in [0.1, 0.15) is 0 Å². The van der Waals surface area contributed by atoms with E-state index in [-0.39, 0.29) is 11.6 Å². The van der Waals surface area contributed by atoms with E-state index in [4.69, 9.17) is 11.6 Å². The number of urea groups is 1. The highest BCUT2D eigenvalue weighted by molar-refractivity contribution is 6.31. The first-order valence-corrected chi connectivity index (χ1v) is 7.11. The number of nitrogens with zero attached hydrogens (tertiary/aromatic N) is 3. The number of anilines is 1. The zero-order valence-electron chi connectivity index (χ0n) is 12.4. The zero-order chi connectivity index (χ0) is 16.6. The van der Waals surface area contributed by atoms with E-state index < -0.39 is 5.82 Å². The van der Waals surface area contributed by atoms with Gasteiger partial charge in [-0.15, -0.1) is 0 Å². The number of fused-ring (bicyclic) bond motifs is 1. The molecule has 2 N–H and O–H groups in total. The van der Waals surface area contributed by atoms with E-state index in [1.165, 1.54) is 29.3 Å². The molecule has 2 heterocycles. The van der Waals surface area contributed by atoms with Crippen LogP contribution in [0.15, 0.2) is 30.5 Å². The van der Waals surface area contributed by atoms with Crippen LogP contribution in [-0.4, -0.2) is 40.0 Å². The Bertz CT molecular complexity index is 893. The molecule has 0 bridgehead atoms. The highest BCUT2D eigenvalue weighted by Gasteiger charge is 2.13. The van der Waals surface area contributed by atoms with Gasteiger partial charge in [0.15, 0.2) is 5.65 Å². The fourth-order valence-electron chi connectivity index (χ4n) is 2.02. The lowest BCUT2D eigenvalue weighted by Crippen LogP contribution is -2.27. The van der Waals surface area contributed by atoms with Gasteiger partial charge >= 0.3 is 6.03 Å². The smallest absolute Gasteiger partial charge is 0.321 e. The number of hydrogen-bond donors (Lipinski definition) is 2. The number of benzene rings is 1. The van der Waals surface area contributed by atoms with Gasteiger partial charge in [0, 0.05) is 26.0 Å². The van der Waals surface area contributed by atoms with E-state index in [2.05, 4.69) is 20.3 Å². The quantitative estimate of drug-likeness (QED) is 0.753. The minimum absolute atomic E-state index is 0.232. The molecule has 8 heteroatoms. The maximum absolute atomic E-state index is 14.1. The standard InChI is InChI=1S/C15H13ClFN5O/c1-22(2)15(23)19-9-3-4-11(17)10(6-9)13-20-12-5-8(16)7-18-14(12)21-13/h3-7H,1-2H3,(H,19,23)(H,18,20,21). The first kappa shape index (κ1) is 15.2. The molecule has 0 aliphatic carbocycles. The number of aromatic nitrogens is 3. The third-order valence-corrected chi connectivity index (χ3v) is 3.39. The van der Waals surface area contributed by atoms with Crippen molar-refractivity contribution in [3.63, 3.8) is 0 Å². The fourth-order valence-corrected chi connectivity index (χ4v) is 2.18. The molecular formula is C15H13ClFN5O. The third kappa shape index (κ3) is 3.09. The van der Waals surface area contributed by atoms with Gasteiger partial charge in [-0.1, -0.05) is 11.6 Å². The molecule has 3 rings (SSSR count). The van der Waals surface area contributed by atoms with Crippen molar-refractivity contribution in [3.05, 3.63) is 41.3 Å². The molecule has 6 nitrogen and oxygen atoms in total. The molecule has 0 radical (unpaired) electrons. The van der Waals surface area contributed by atoms with Gasteiger partial charge in [0.05, 0.1) is 16.1 Å². The number of imidazole rings is 1. The Morgan fingerprint density at radius 1 is 1.35 bits per heavy atom. The topological polar surface area (TPSA) is 73.9 Å². The number of amides is 2. The minimum Gasteiger partial charge on any atom is -0.336 e. The molecule has 3 aromatic rings. The first-order valence-electron chi connectivity index (χ1n) is 6.73. The van der Waals surface area contributed by atoms with Crippen molar-refractivity contribution in [2.75, 3.05) is 19.4 Å². The maximum atomic E-state index is 14.1. The average Bonchev–Trinajstić information content (AvgIpc) is 2.91. The molecule has 0 saturated carbocycles. The fraction of sp³-hybridized carbons (Fsp3) is 0.133.